The van der Waals surface area contributed by atoms with Crippen LogP contribution in [0.2, 0.25) is 5.02 Å². The lowest BCUT2D eigenvalue weighted by Crippen LogP contribution is -2.12. The smallest absolute Gasteiger partial charge is 0.210 e. The van der Waals surface area contributed by atoms with Gasteiger partial charge in [0, 0.05) is 10.8 Å². The monoisotopic (exact) mass is 378 g/mol. The van der Waals surface area contributed by atoms with E-state index in [9.17, 15) is 4.39 Å². The second kappa shape index (κ2) is 7.33. The minimum atomic E-state index is -0.439. The van der Waals surface area contributed by atoms with Gasteiger partial charge in [0.05, 0.1) is 12.1 Å². The van der Waals surface area contributed by atoms with Gasteiger partial charge in [-0.15, -0.1) is 10.2 Å². The third kappa shape index (κ3) is 3.72. The van der Waals surface area contributed by atoms with Gasteiger partial charge >= 0.3 is 0 Å². The van der Waals surface area contributed by atoms with Crippen LogP contribution in [0.4, 0.5) is 4.39 Å². The number of ether oxygens (including phenoxy) is 1. The van der Waals surface area contributed by atoms with Crippen LogP contribution in [0.3, 0.4) is 0 Å². The molecule has 1 aromatic heterocycles. The summed E-state index contributed by atoms with van der Waals surface area (Å²) in [6.07, 6.45) is 0. The summed E-state index contributed by atoms with van der Waals surface area (Å²) in [5, 5.41) is 8.94. The van der Waals surface area contributed by atoms with E-state index in [1.807, 2.05) is 31.2 Å². The van der Waals surface area contributed by atoms with Gasteiger partial charge < -0.3 is 10.6 Å². The highest BCUT2D eigenvalue weighted by atomic mass is 35.5. The minimum absolute atomic E-state index is 0.0201. The number of aromatic nitrogens is 3. The van der Waals surface area contributed by atoms with E-state index in [0.717, 1.165) is 16.9 Å². The standard InChI is InChI=1S/C17H16ClFN4OS/c1-10(12-5-8-15(19)14(18)9-12)25-17-22-21-16(23(17)20)11-3-6-13(24-2)7-4-11/h3-10H,20H2,1-2H3. The molecule has 0 radical (unpaired) electrons. The van der Waals surface area contributed by atoms with Crippen LogP contribution in [0.5, 0.6) is 5.75 Å². The summed E-state index contributed by atoms with van der Waals surface area (Å²) >= 11 is 7.27. The fraction of sp³-hybridized carbons (Fsp3) is 0.176. The van der Waals surface area contributed by atoms with Crippen LogP contribution in [0.25, 0.3) is 11.4 Å². The molecule has 1 atom stereocenters. The quantitative estimate of drug-likeness (QED) is 0.529. The van der Waals surface area contributed by atoms with E-state index in [0.29, 0.717) is 11.0 Å². The zero-order chi connectivity index (χ0) is 18.0. The number of hydrogen-bond acceptors (Lipinski definition) is 5. The zero-order valence-electron chi connectivity index (χ0n) is 13.6. The third-order valence-corrected chi connectivity index (χ3v) is 5.11. The van der Waals surface area contributed by atoms with Gasteiger partial charge in [0.2, 0.25) is 5.16 Å². The van der Waals surface area contributed by atoms with Gasteiger partial charge in [-0.05, 0) is 48.9 Å². The molecule has 0 bridgehead atoms. The molecule has 1 unspecified atom stereocenters. The Labute approximate surface area is 153 Å². The number of nitrogens with two attached hydrogens (primary N) is 1. The molecule has 5 nitrogen and oxygen atoms in total. The van der Waals surface area contributed by atoms with E-state index in [-0.39, 0.29) is 10.3 Å². The molecular weight excluding hydrogens is 363 g/mol. The lowest BCUT2D eigenvalue weighted by Gasteiger charge is -2.11. The summed E-state index contributed by atoms with van der Waals surface area (Å²) < 4.78 is 19.9. The molecule has 3 rings (SSSR count). The molecule has 130 valence electrons. The number of halogens is 2. The molecule has 0 spiro atoms. The Bertz CT molecular complexity index is 885. The van der Waals surface area contributed by atoms with Gasteiger partial charge in [-0.2, -0.15) is 0 Å². The molecule has 2 N–H and O–H groups in total. The van der Waals surface area contributed by atoms with Crippen molar-refractivity contribution in [2.75, 3.05) is 13.0 Å². The van der Waals surface area contributed by atoms with Crippen molar-refractivity contribution in [1.29, 1.82) is 0 Å². The SMILES string of the molecule is COc1ccc(-c2nnc(SC(C)c3ccc(F)c(Cl)c3)n2N)cc1. The van der Waals surface area contributed by atoms with E-state index < -0.39 is 5.82 Å². The maximum atomic E-state index is 13.3. The first-order valence-corrected chi connectivity index (χ1v) is 8.72. The molecule has 0 aliphatic rings. The van der Waals surface area contributed by atoms with Gasteiger partial charge in [-0.1, -0.05) is 29.4 Å². The number of rotatable bonds is 5. The number of methoxy groups -OCH3 is 1. The summed E-state index contributed by atoms with van der Waals surface area (Å²) in [5.41, 5.74) is 1.71. The molecular formula is C17H16ClFN4OS. The van der Waals surface area contributed by atoms with Crippen LogP contribution in [-0.2, 0) is 0 Å². The van der Waals surface area contributed by atoms with Crippen LogP contribution in [-0.4, -0.2) is 22.0 Å². The van der Waals surface area contributed by atoms with Crippen molar-refractivity contribution in [3.63, 3.8) is 0 Å². The lowest BCUT2D eigenvalue weighted by molar-refractivity contribution is 0.415. The molecule has 8 heteroatoms. The zero-order valence-corrected chi connectivity index (χ0v) is 15.2. The Balaban J connectivity index is 1.81. The second-order valence-electron chi connectivity index (χ2n) is 5.34. The average molecular weight is 379 g/mol. The van der Waals surface area contributed by atoms with Gasteiger partial charge in [0.1, 0.15) is 11.6 Å². The predicted molar refractivity (Wildman–Crippen MR) is 97.8 cm³/mol. The van der Waals surface area contributed by atoms with Crippen LogP contribution in [0.1, 0.15) is 17.7 Å². The first-order chi connectivity index (χ1) is 12.0. The van der Waals surface area contributed by atoms with E-state index in [1.54, 1.807) is 19.2 Å². The van der Waals surface area contributed by atoms with Crippen LogP contribution >= 0.6 is 23.4 Å². The molecule has 0 fully saturated rings. The first kappa shape index (κ1) is 17.6. The largest absolute Gasteiger partial charge is 0.497 e. The molecule has 25 heavy (non-hydrogen) atoms. The maximum Gasteiger partial charge on any atom is 0.210 e. The second-order valence-corrected chi connectivity index (χ2v) is 7.05. The predicted octanol–water partition coefficient (Wildman–Crippen LogP) is 4.31. The third-order valence-electron chi connectivity index (χ3n) is 3.71. The average Bonchev–Trinajstić information content (AvgIpc) is 2.98. The summed E-state index contributed by atoms with van der Waals surface area (Å²) in [5.74, 6) is 7.00. The maximum absolute atomic E-state index is 13.3. The molecule has 0 saturated heterocycles. The summed E-state index contributed by atoms with van der Waals surface area (Å²) in [7, 11) is 1.61. The molecule has 3 aromatic rings. The lowest BCUT2D eigenvalue weighted by atomic mass is 10.2. The van der Waals surface area contributed by atoms with Gasteiger partial charge in [0.25, 0.3) is 0 Å². The molecule has 0 amide bonds. The number of hydrogen-bond donors (Lipinski definition) is 1. The van der Waals surface area contributed by atoms with Crippen molar-refractivity contribution < 1.29 is 9.13 Å². The fourth-order valence-electron chi connectivity index (χ4n) is 2.29. The van der Waals surface area contributed by atoms with E-state index in [1.165, 1.54) is 22.5 Å². The number of benzene rings is 2. The minimum Gasteiger partial charge on any atom is -0.497 e. The Kier molecular flexibility index (Phi) is 5.15. The normalized spacial score (nSPS) is 12.2. The van der Waals surface area contributed by atoms with Crippen LogP contribution in [0, 0.1) is 5.82 Å². The van der Waals surface area contributed by atoms with Gasteiger partial charge in [-0.3, -0.25) is 0 Å². The van der Waals surface area contributed by atoms with Crippen molar-refractivity contribution in [2.45, 2.75) is 17.3 Å². The van der Waals surface area contributed by atoms with Crippen molar-refractivity contribution >= 4 is 23.4 Å². The Hall–Kier alpha value is -2.25. The van der Waals surface area contributed by atoms with Crippen LogP contribution in [0.15, 0.2) is 47.6 Å². The van der Waals surface area contributed by atoms with Gasteiger partial charge in [-0.25, -0.2) is 9.07 Å². The molecule has 1 heterocycles. The van der Waals surface area contributed by atoms with E-state index in [4.69, 9.17) is 22.2 Å². The molecule has 0 saturated carbocycles. The Morgan fingerprint density at radius 2 is 1.92 bits per heavy atom. The van der Waals surface area contributed by atoms with Crippen LogP contribution < -0.4 is 10.6 Å². The van der Waals surface area contributed by atoms with E-state index in [2.05, 4.69) is 10.2 Å². The summed E-state index contributed by atoms with van der Waals surface area (Å²) in [4.78, 5) is 0. The highest BCUT2D eigenvalue weighted by molar-refractivity contribution is 7.99. The summed E-state index contributed by atoms with van der Waals surface area (Å²) in [6, 6.07) is 12.1. The first-order valence-electron chi connectivity index (χ1n) is 7.46. The van der Waals surface area contributed by atoms with Crippen molar-refractivity contribution in [1.82, 2.24) is 14.9 Å². The number of nitrogens with zero attached hydrogens (tertiary/aromatic N) is 3. The highest BCUT2D eigenvalue weighted by Gasteiger charge is 2.17. The number of thioether (sulfide) groups is 1. The Morgan fingerprint density at radius 3 is 2.56 bits per heavy atom. The Morgan fingerprint density at radius 1 is 1.20 bits per heavy atom. The molecule has 0 aliphatic heterocycles. The molecule has 2 aromatic carbocycles. The van der Waals surface area contributed by atoms with Crippen molar-refractivity contribution in [2.24, 2.45) is 0 Å². The van der Waals surface area contributed by atoms with Crippen molar-refractivity contribution in [3.8, 4) is 17.1 Å². The topological polar surface area (TPSA) is 66.0 Å². The van der Waals surface area contributed by atoms with Crippen molar-refractivity contribution in [3.05, 3.63) is 58.9 Å². The van der Waals surface area contributed by atoms with E-state index >= 15 is 0 Å². The fourth-order valence-corrected chi connectivity index (χ4v) is 3.36. The summed E-state index contributed by atoms with van der Waals surface area (Å²) in [6.45, 7) is 1.97. The van der Waals surface area contributed by atoms with Gasteiger partial charge in [0.15, 0.2) is 5.82 Å². The highest BCUT2D eigenvalue weighted by Crippen LogP contribution is 2.35. The number of nitrogen functional groups attached to an aromatic ring is 1. The molecule has 0 aliphatic carbocycles.